The first kappa shape index (κ1) is 14.0. The molecule has 0 saturated carbocycles. The molecule has 17 heavy (non-hydrogen) atoms. The molecule has 0 spiro atoms. The van der Waals surface area contributed by atoms with E-state index in [1.54, 1.807) is 6.07 Å². The average Bonchev–Trinajstić information content (AvgIpc) is 2.28. The summed E-state index contributed by atoms with van der Waals surface area (Å²) in [5.41, 5.74) is 0.608. The van der Waals surface area contributed by atoms with Gasteiger partial charge in [-0.25, -0.2) is 0 Å². The lowest BCUT2D eigenvalue weighted by Crippen LogP contribution is -2.24. The Bertz CT molecular complexity index is 391. The summed E-state index contributed by atoms with van der Waals surface area (Å²) >= 11 is 3.37. The second-order valence-corrected chi connectivity index (χ2v) is 4.92. The van der Waals surface area contributed by atoms with Crippen LogP contribution in [0.2, 0.25) is 0 Å². The van der Waals surface area contributed by atoms with Gasteiger partial charge >= 0.3 is 0 Å². The molecule has 3 nitrogen and oxygen atoms in total. The van der Waals surface area contributed by atoms with Crippen molar-refractivity contribution in [1.82, 2.24) is 5.32 Å². The molecule has 0 unspecified atom stereocenters. The van der Waals surface area contributed by atoms with Gasteiger partial charge in [0.25, 0.3) is 5.91 Å². The van der Waals surface area contributed by atoms with Gasteiger partial charge in [-0.15, -0.1) is 0 Å². The van der Waals surface area contributed by atoms with Crippen LogP contribution in [0.3, 0.4) is 0 Å². The lowest BCUT2D eigenvalue weighted by Gasteiger charge is -2.12. The topological polar surface area (TPSA) is 38.3 Å². The molecular weight excluding hydrogens is 282 g/mol. The molecule has 0 fully saturated rings. The van der Waals surface area contributed by atoms with Crippen molar-refractivity contribution in [3.8, 4) is 5.75 Å². The van der Waals surface area contributed by atoms with E-state index in [4.69, 9.17) is 4.74 Å². The second kappa shape index (κ2) is 6.64. The molecule has 0 radical (unpaired) electrons. The Hall–Kier alpha value is -1.03. The van der Waals surface area contributed by atoms with E-state index in [0.29, 0.717) is 17.9 Å². The molecule has 0 aromatic heterocycles. The molecule has 0 aliphatic heterocycles. The number of carbonyl (C=O) groups is 1. The molecule has 0 saturated heterocycles. The predicted octanol–water partition coefficient (Wildman–Crippen LogP) is 3.38. The zero-order valence-electron chi connectivity index (χ0n) is 10.4. The average molecular weight is 300 g/mol. The summed E-state index contributed by atoms with van der Waals surface area (Å²) in [6.45, 7) is 6.62. The van der Waals surface area contributed by atoms with Gasteiger partial charge < -0.3 is 10.1 Å². The molecule has 0 aliphatic rings. The highest BCUT2D eigenvalue weighted by molar-refractivity contribution is 9.10. The fraction of sp³-hybridized carbons (Fsp3) is 0.462. The third kappa shape index (κ3) is 4.38. The highest BCUT2D eigenvalue weighted by Crippen LogP contribution is 2.23. The molecular formula is C13H18BrNO2. The second-order valence-electron chi connectivity index (χ2n) is 4.06. The van der Waals surface area contributed by atoms with Crippen molar-refractivity contribution in [3.63, 3.8) is 0 Å². The fourth-order valence-electron chi connectivity index (χ4n) is 1.36. The molecule has 1 aromatic carbocycles. The molecule has 0 atom stereocenters. The minimum atomic E-state index is -0.0760. The number of nitrogens with one attached hydrogen (secondary N) is 1. The van der Waals surface area contributed by atoms with Crippen molar-refractivity contribution < 1.29 is 9.53 Å². The van der Waals surface area contributed by atoms with E-state index in [1.807, 2.05) is 32.9 Å². The summed E-state index contributed by atoms with van der Waals surface area (Å²) < 4.78 is 6.34. The first-order valence-electron chi connectivity index (χ1n) is 5.79. The number of hydrogen-bond donors (Lipinski definition) is 1. The molecule has 0 bridgehead atoms. The lowest BCUT2D eigenvalue weighted by atomic mass is 10.2. The number of carbonyl (C=O) groups excluding carboxylic acids is 1. The Balaban J connectivity index is 2.86. The molecule has 0 aliphatic carbocycles. The summed E-state index contributed by atoms with van der Waals surface area (Å²) in [4.78, 5) is 11.9. The van der Waals surface area contributed by atoms with Crippen molar-refractivity contribution in [3.05, 3.63) is 28.2 Å². The molecule has 1 rings (SSSR count). The molecule has 0 heterocycles. The Kier molecular flexibility index (Phi) is 5.48. The van der Waals surface area contributed by atoms with Crippen LogP contribution < -0.4 is 10.1 Å². The van der Waals surface area contributed by atoms with E-state index in [0.717, 1.165) is 10.9 Å². The lowest BCUT2D eigenvalue weighted by molar-refractivity contribution is 0.0952. The van der Waals surface area contributed by atoms with Crippen molar-refractivity contribution in [2.45, 2.75) is 33.3 Å². The van der Waals surface area contributed by atoms with Gasteiger partial charge in [-0.1, -0.05) is 6.92 Å². The maximum atomic E-state index is 11.9. The molecule has 4 heteroatoms. The molecule has 1 amide bonds. The van der Waals surface area contributed by atoms with Crippen LogP contribution in [-0.2, 0) is 0 Å². The van der Waals surface area contributed by atoms with Crippen LogP contribution in [0.15, 0.2) is 22.7 Å². The summed E-state index contributed by atoms with van der Waals surface area (Å²) in [5.74, 6) is 0.637. The quantitative estimate of drug-likeness (QED) is 0.905. The highest BCUT2D eigenvalue weighted by atomic mass is 79.9. The smallest absolute Gasteiger partial charge is 0.252 e. The number of halogens is 1. The number of amides is 1. The first-order valence-corrected chi connectivity index (χ1v) is 6.58. The maximum Gasteiger partial charge on any atom is 0.252 e. The van der Waals surface area contributed by atoms with Crippen molar-refractivity contribution in [1.29, 1.82) is 0 Å². The summed E-state index contributed by atoms with van der Waals surface area (Å²) in [6.07, 6.45) is 1.02. The standard InChI is InChI=1S/C13H18BrNO2/c1-4-7-15-13(16)11-8-10(17-9(2)3)5-6-12(11)14/h5-6,8-9H,4,7H2,1-3H3,(H,15,16). The minimum Gasteiger partial charge on any atom is -0.491 e. The van der Waals surface area contributed by atoms with Crippen molar-refractivity contribution in [2.24, 2.45) is 0 Å². The summed E-state index contributed by atoms with van der Waals surface area (Å²) in [6, 6.07) is 5.44. The summed E-state index contributed by atoms with van der Waals surface area (Å²) in [7, 11) is 0. The number of ether oxygens (including phenoxy) is 1. The van der Waals surface area contributed by atoms with Crippen LogP contribution >= 0.6 is 15.9 Å². The van der Waals surface area contributed by atoms with E-state index < -0.39 is 0 Å². The SMILES string of the molecule is CCCNC(=O)c1cc(OC(C)C)ccc1Br. The number of benzene rings is 1. The minimum absolute atomic E-state index is 0.0760. The van der Waals surface area contributed by atoms with Crippen molar-refractivity contribution >= 4 is 21.8 Å². The van der Waals surface area contributed by atoms with Gasteiger partial charge in [0.2, 0.25) is 0 Å². The van der Waals surface area contributed by atoms with Crippen LogP contribution in [-0.4, -0.2) is 18.6 Å². The molecule has 1 aromatic rings. The normalized spacial score (nSPS) is 10.4. The van der Waals surface area contributed by atoms with Gasteiger partial charge in [0.05, 0.1) is 11.7 Å². The van der Waals surface area contributed by atoms with E-state index in [1.165, 1.54) is 0 Å². The van der Waals surface area contributed by atoms with Crippen LogP contribution in [0.5, 0.6) is 5.75 Å². The van der Waals surface area contributed by atoms with Crippen LogP contribution in [0.1, 0.15) is 37.6 Å². The first-order chi connectivity index (χ1) is 8.04. The molecule has 1 N–H and O–H groups in total. The number of hydrogen-bond acceptors (Lipinski definition) is 2. The Morgan fingerprint density at radius 1 is 1.47 bits per heavy atom. The Morgan fingerprint density at radius 2 is 2.18 bits per heavy atom. The summed E-state index contributed by atoms with van der Waals surface area (Å²) in [5, 5.41) is 2.85. The van der Waals surface area contributed by atoms with Crippen LogP contribution in [0.25, 0.3) is 0 Å². The third-order valence-corrected chi connectivity index (χ3v) is 2.78. The number of rotatable bonds is 5. The molecule has 94 valence electrons. The monoisotopic (exact) mass is 299 g/mol. The third-order valence-electron chi connectivity index (χ3n) is 2.09. The van der Waals surface area contributed by atoms with Crippen LogP contribution in [0, 0.1) is 0 Å². The van der Waals surface area contributed by atoms with Gasteiger partial charge in [0.15, 0.2) is 0 Å². The van der Waals surface area contributed by atoms with Crippen molar-refractivity contribution in [2.75, 3.05) is 6.54 Å². The van der Waals surface area contributed by atoms with E-state index in [2.05, 4.69) is 21.2 Å². The van der Waals surface area contributed by atoms with Gasteiger partial charge in [-0.2, -0.15) is 0 Å². The Labute approximate surface area is 111 Å². The fourth-order valence-corrected chi connectivity index (χ4v) is 1.78. The zero-order valence-corrected chi connectivity index (χ0v) is 12.0. The largest absolute Gasteiger partial charge is 0.491 e. The van der Waals surface area contributed by atoms with Gasteiger partial charge in [-0.3, -0.25) is 4.79 Å². The van der Waals surface area contributed by atoms with E-state index in [-0.39, 0.29) is 12.0 Å². The van der Waals surface area contributed by atoms with Crippen LogP contribution in [0.4, 0.5) is 0 Å². The van der Waals surface area contributed by atoms with E-state index >= 15 is 0 Å². The van der Waals surface area contributed by atoms with Gasteiger partial charge in [0.1, 0.15) is 5.75 Å². The zero-order chi connectivity index (χ0) is 12.8. The van der Waals surface area contributed by atoms with Gasteiger partial charge in [-0.05, 0) is 54.4 Å². The highest BCUT2D eigenvalue weighted by Gasteiger charge is 2.11. The van der Waals surface area contributed by atoms with Gasteiger partial charge in [0, 0.05) is 11.0 Å². The van der Waals surface area contributed by atoms with E-state index in [9.17, 15) is 4.79 Å². The maximum absolute atomic E-state index is 11.9. The predicted molar refractivity (Wildman–Crippen MR) is 72.5 cm³/mol. The Morgan fingerprint density at radius 3 is 2.76 bits per heavy atom.